The van der Waals surface area contributed by atoms with Crippen LogP contribution in [-0.2, 0) is 11.2 Å². The Morgan fingerprint density at radius 2 is 1.77 bits per heavy atom. The molecule has 1 N–H and O–H groups in total. The molecule has 0 spiro atoms. The smallest absolute Gasteiger partial charge is 0.251 e. The molecule has 3 heteroatoms. The highest BCUT2D eigenvalue weighted by molar-refractivity contribution is 5.95. The van der Waals surface area contributed by atoms with E-state index in [9.17, 15) is 9.59 Å². The van der Waals surface area contributed by atoms with E-state index in [0.717, 1.165) is 18.4 Å². The summed E-state index contributed by atoms with van der Waals surface area (Å²) >= 11 is 0. The lowest BCUT2D eigenvalue weighted by Crippen LogP contribution is -2.36. The van der Waals surface area contributed by atoms with Crippen molar-refractivity contribution in [1.29, 1.82) is 0 Å². The lowest BCUT2D eigenvalue weighted by Gasteiger charge is -2.12. The molecule has 2 aromatic carbocycles. The SMILES string of the molecule is Cc1ccc(C(=O)N[C@@H]([C]=O)CCCc2ccccc2)cc1. The Labute approximate surface area is 131 Å². The van der Waals surface area contributed by atoms with Gasteiger partial charge in [0.15, 0.2) is 0 Å². The Morgan fingerprint density at radius 1 is 1.09 bits per heavy atom. The van der Waals surface area contributed by atoms with Gasteiger partial charge in [-0.1, -0.05) is 48.0 Å². The van der Waals surface area contributed by atoms with Crippen molar-refractivity contribution in [2.75, 3.05) is 0 Å². The van der Waals surface area contributed by atoms with Crippen LogP contribution < -0.4 is 5.32 Å². The summed E-state index contributed by atoms with van der Waals surface area (Å²) in [6.07, 6.45) is 4.23. The molecule has 0 aliphatic rings. The van der Waals surface area contributed by atoms with E-state index < -0.39 is 6.04 Å². The summed E-state index contributed by atoms with van der Waals surface area (Å²) in [7, 11) is 0. The number of amides is 1. The molecule has 22 heavy (non-hydrogen) atoms. The van der Waals surface area contributed by atoms with Gasteiger partial charge in [-0.25, -0.2) is 0 Å². The van der Waals surface area contributed by atoms with Gasteiger partial charge >= 0.3 is 0 Å². The Hall–Kier alpha value is -2.42. The van der Waals surface area contributed by atoms with E-state index in [1.54, 1.807) is 12.1 Å². The molecule has 0 fully saturated rings. The normalized spacial score (nSPS) is 11.7. The molecule has 1 radical (unpaired) electrons. The first-order valence-electron chi connectivity index (χ1n) is 7.48. The van der Waals surface area contributed by atoms with Crippen molar-refractivity contribution < 1.29 is 9.59 Å². The third-order valence-electron chi connectivity index (χ3n) is 3.56. The minimum absolute atomic E-state index is 0.229. The summed E-state index contributed by atoms with van der Waals surface area (Å²) in [6, 6.07) is 16.8. The largest absolute Gasteiger partial charge is 0.342 e. The third kappa shape index (κ3) is 4.85. The van der Waals surface area contributed by atoms with Gasteiger partial charge in [0, 0.05) is 5.56 Å². The molecule has 2 aromatic rings. The van der Waals surface area contributed by atoms with Gasteiger partial charge in [-0.05, 0) is 43.9 Å². The van der Waals surface area contributed by atoms with Crippen LogP contribution in [0.25, 0.3) is 0 Å². The maximum absolute atomic E-state index is 12.1. The molecule has 0 heterocycles. The van der Waals surface area contributed by atoms with E-state index in [4.69, 9.17) is 0 Å². The number of hydrogen-bond acceptors (Lipinski definition) is 2. The molecule has 1 atom stereocenters. The monoisotopic (exact) mass is 294 g/mol. The van der Waals surface area contributed by atoms with Gasteiger partial charge < -0.3 is 5.32 Å². The molecule has 0 saturated heterocycles. The van der Waals surface area contributed by atoms with Crippen LogP contribution in [0, 0.1) is 6.92 Å². The van der Waals surface area contributed by atoms with Crippen LogP contribution in [0.3, 0.4) is 0 Å². The minimum atomic E-state index is -0.558. The van der Waals surface area contributed by atoms with E-state index in [1.165, 1.54) is 5.56 Å². The third-order valence-corrected chi connectivity index (χ3v) is 3.56. The fourth-order valence-corrected chi connectivity index (χ4v) is 2.26. The topological polar surface area (TPSA) is 46.2 Å². The van der Waals surface area contributed by atoms with Crippen molar-refractivity contribution in [3.8, 4) is 0 Å². The predicted molar refractivity (Wildman–Crippen MR) is 87.5 cm³/mol. The minimum Gasteiger partial charge on any atom is -0.342 e. The first-order valence-corrected chi connectivity index (χ1v) is 7.48. The fourth-order valence-electron chi connectivity index (χ4n) is 2.26. The van der Waals surface area contributed by atoms with Crippen molar-refractivity contribution in [3.63, 3.8) is 0 Å². The lowest BCUT2D eigenvalue weighted by atomic mass is 10.0. The van der Waals surface area contributed by atoms with Gasteiger partial charge in [0.1, 0.15) is 0 Å². The van der Waals surface area contributed by atoms with Gasteiger partial charge in [-0.15, -0.1) is 0 Å². The number of hydrogen-bond donors (Lipinski definition) is 1. The van der Waals surface area contributed by atoms with Gasteiger partial charge in [0.25, 0.3) is 5.91 Å². The van der Waals surface area contributed by atoms with Gasteiger partial charge in [0.05, 0.1) is 6.04 Å². The van der Waals surface area contributed by atoms with E-state index in [0.29, 0.717) is 12.0 Å². The average Bonchev–Trinajstić information content (AvgIpc) is 2.55. The van der Waals surface area contributed by atoms with Crippen LogP contribution in [0.1, 0.15) is 34.3 Å². The summed E-state index contributed by atoms with van der Waals surface area (Å²) in [5.41, 5.74) is 2.89. The molecule has 1 amide bonds. The zero-order valence-electron chi connectivity index (χ0n) is 12.7. The van der Waals surface area contributed by atoms with E-state index in [2.05, 4.69) is 17.4 Å². The molecular weight excluding hydrogens is 274 g/mol. The van der Waals surface area contributed by atoms with Crippen molar-refractivity contribution in [2.24, 2.45) is 0 Å². The van der Waals surface area contributed by atoms with Crippen LogP contribution >= 0.6 is 0 Å². The lowest BCUT2D eigenvalue weighted by molar-refractivity contribution is 0.0944. The van der Waals surface area contributed by atoms with Crippen LogP contribution in [-0.4, -0.2) is 18.2 Å². The van der Waals surface area contributed by atoms with Crippen LogP contribution in [0.15, 0.2) is 54.6 Å². The number of benzene rings is 2. The fraction of sp³-hybridized carbons (Fsp3) is 0.263. The van der Waals surface area contributed by atoms with E-state index in [-0.39, 0.29) is 5.91 Å². The molecule has 3 nitrogen and oxygen atoms in total. The number of rotatable bonds is 7. The maximum atomic E-state index is 12.1. The summed E-state index contributed by atoms with van der Waals surface area (Å²) in [6.45, 7) is 1.97. The van der Waals surface area contributed by atoms with Crippen LogP contribution in [0.4, 0.5) is 0 Å². The molecule has 0 aromatic heterocycles. The Morgan fingerprint density at radius 3 is 2.41 bits per heavy atom. The maximum Gasteiger partial charge on any atom is 0.251 e. The van der Waals surface area contributed by atoms with Crippen molar-refractivity contribution in [2.45, 2.75) is 32.2 Å². The molecule has 0 aliphatic heterocycles. The molecule has 0 bridgehead atoms. The molecule has 0 unspecified atom stereocenters. The highest BCUT2D eigenvalue weighted by Gasteiger charge is 2.13. The molecule has 2 rings (SSSR count). The van der Waals surface area contributed by atoms with Crippen molar-refractivity contribution in [3.05, 3.63) is 71.3 Å². The molecule has 113 valence electrons. The second-order valence-electron chi connectivity index (χ2n) is 5.39. The van der Waals surface area contributed by atoms with Crippen LogP contribution in [0.2, 0.25) is 0 Å². The van der Waals surface area contributed by atoms with Gasteiger partial charge in [-0.2, -0.15) is 0 Å². The summed E-state index contributed by atoms with van der Waals surface area (Å²) in [5.74, 6) is -0.229. The predicted octanol–water partition coefficient (Wildman–Crippen LogP) is 3.23. The summed E-state index contributed by atoms with van der Waals surface area (Å²) in [4.78, 5) is 23.1. The first-order chi connectivity index (χ1) is 10.7. The van der Waals surface area contributed by atoms with E-state index in [1.807, 2.05) is 43.5 Å². The second-order valence-corrected chi connectivity index (χ2v) is 5.39. The first kappa shape index (κ1) is 16.0. The number of nitrogens with one attached hydrogen (secondary N) is 1. The highest BCUT2D eigenvalue weighted by atomic mass is 16.2. The van der Waals surface area contributed by atoms with Gasteiger partial charge in [0.2, 0.25) is 6.29 Å². The number of carbonyl (C=O) groups is 1. The summed E-state index contributed by atoms with van der Waals surface area (Å²) < 4.78 is 0. The second kappa shape index (κ2) is 8.13. The van der Waals surface area contributed by atoms with Crippen molar-refractivity contribution >= 4 is 12.2 Å². The number of aryl methyl sites for hydroxylation is 2. The van der Waals surface area contributed by atoms with Crippen LogP contribution in [0.5, 0.6) is 0 Å². The summed E-state index contributed by atoms with van der Waals surface area (Å²) in [5, 5.41) is 2.73. The molecule has 0 saturated carbocycles. The quantitative estimate of drug-likeness (QED) is 0.852. The molecular formula is C19H20NO2. The Bertz CT molecular complexity index is 605. The zero-order chi connectivity index (χ0) is 15.8. The Kier molecular flexibility index (Phi) is 5.90. The standard InChI is InChI=1S/C19H20NO2/c1-15-10-12-17(13-11-15)19(22)20-18(14-21)9-5-8-16-6-3-2-4-7-16/h2-4,6-7,10-13,18H,5,8-9H2,1H3,(H,20,22)/t18-/m1/s1. The Balaban J connectivity index is 1.82. The van der Waals surface area contributed by atoms with Crippen molar-refractivity contribution in [1.82, 2.24) is 5.32 Å². The highest BCUT2D eigenvalue weighted by Crippen LogP contribution is 2.07. The van der Waals surface area contributed by atoms with E-state index >= 15 is 0 Å². The average molecular weight is 294 g/mol. The number of carbonyl (C=O) groups excluding carboxylic acids is 2. The van der Waals surface area contributed by atoms with Gasteiger partial charge in [-0.3, -0.25) is 9.59 Å². The zero-order valence-corrected chi connectivity index (χ0v) is 12.7. The molecule has 0 aliphatic carbocycles.